The number of hydrogen-bond donors (Lipinski definition) is 0. The van der Waals surface area contributed by atoms with E-state index in [1.165, 1.54) is 4.90 Å². The lowest BCUT2D eigenvalue weighted by Gasteiger charge is -2.34. The molecule has 1 aliphatic heterocycles. The lowest BCUT2D eigenvalue weighted by atomic mass is 9.98. The molecule has 5 nitrogen and oxygen atoms in total. The number of nitrogens with zero attached hydrogens (tertiary/aromatic N) is 2. The van der Waals surface area contributed by atoms with Gasteiger partial charge >= 0.3 is 0 Å². The number of hydrogen-bond acceptors (Lipinski definition) is 3. The molecule has 1 aliphatic rings. The summed E-state index contributed by atoms with van der Waals surface area (Å²) < 4.78 is 13.3. The molecular weight excluding hydrogens is 331 g/mol. The molecule has 0 aliphatic carbocycles. The highest BCUT2D eigenvalue weighted by Gasteiger charge is 2.31. The molecule has 2 atom stereocenters. The molecule has 0 bridgehead atoms. The number of rotatable bonds is 2. The second-order valence-electron chi connectivity index (χ2n) is 4.95. The first kappa shape index (κ1) is 14.9. The van der Waals surface area contributed by atoms with Crippen molar-refractivity contribution < 1.29 is 14.1 Å². The fourth-order valence-corrected chi connectivity index (χ4v) is 2.83. The molecule has 1 aromatic carbocycles. The second-order valence-corrected chi connectivity index (χ2v) is 6.13. The van der Waals surface area contributed by atoms with Crippen LogP contribution in [-0.2, 0) is 0 Å². The average molecular weight is 345 g/mol. The molecule has 0 saturated carbocycles. The lowest BCUT2D eigenvalue weighted by Crippen LogP contribution is -2.43. The fourth-order valence-electron chi connectivity index (χ4n) is 2.22. The van der Waals surface area contributed by atoms with Crippen molar-refractivity contribution in [2.75, 3.05) is 13.1 Å². The first-order valence-electron chi connectivity index (χ1n) is 6.27. The Morgan fingerprint density at radius 2 is 2.25 bits per heavy atom. The number of likely N-dealkylation sites (tertiary alicyclic amines) is 1. The third-order valence-electron chi connectivity index (χ3n) is 3.54. The first-order valence-corrected chi connectivity index (χ1v) is 7.19. The summed E-state index contributed by atoms with van der Waals surface area (Å²) in [5, 5.41) is 10.9. The first-order chi connectivity index (χ1) is 9.40. The van der Waals surface area contributed by atoms with E-state index in [1.54, 1.807) is 0 Å². The molecule has 0 N–H and O–H groups in total. The van der Waals surface area contributed by atoms with Crippen molar-refractivity contribution in [3.05, 3.63) is 39.7 Å². The van der Waals surface area contributed by atoms with Crippen molar-refractivity contribution in [1.29, 1.82) is 0 Å². The number of benzene rings is 1. The van der Waals surface area contributed by atoms with Gasteiger partial charge in [-0.05, 0) is 24.5 Å². The second kappa shape index (κ2) is 5.87. The van der Waals surface area contributed by atoms with Crippen LogP contribution in [0.25, 0.3) is 0 Å². The van der Waals surface area contributed by atoms with E-state index in [-0.39, 0.29) is 16.1 Å². The van der Waals surface area contributed by atoms with E-state index in [4.69, 9.17) is 0 Å². The molecule has 7 heteroatoms. The maximum Gasteiger partial charge on any atom is 0.282 e. The topological polar surface area (TPSA) is 63.5 Å². The number of nitro groups is 1. The minimum Gasteiger partial charge on any atom is -0.337 e. The highest BCUT2D eigenvalue weighted by Crippen LogP contribution is 2.27. The average Bonchev–Trinajstić information content (AvgIpc) is 2.40. The number of alkyl halides is 1. The van der Waals surface area contributed by atoms with Crippen LogP contribution in [0.1, 0.15) is 23.7 Å². The normalized spacial score (nSPS) is 22.6. The summed E-state index contributed by atoms with van der Waals surface area (Å²) in [5.41, 5.74) is -0.551. The monoisotopic (exact) mass is 344 g/mol. The minimum absolute atomic E-state index is 0.146. The van der Waals surface area contributed by atoms with Crippen LogP contribution in [0.2, 0.25) is 0 Å². The zero-order chi connectivity index (χ0) is 14.9. The van der Waals surface area contributed by atoms with E-state index in [0.29, 0.717) is 19.0 Å². The summed E-state index contributed by atoms with van der Waals surface area (Å²) >= 11 is 3.49. The molecule has 1 aromatic rings. The van der Waals surface area contributed by atoms with Crippen molar-refractivity contribution in [2.45, 2.75) is 18.2 Å². The Bertz CT molecular complexity index is 552. The number of carbonyl (C=O) groups is 1. The molecule has 108 valence electrons. The van der Waals surface area contributed by atoms with Gasteiger partial charge in [-0.15, -0.1) is 0 Å². The summed E-state index contributed by atoms with van der Waals surface area (Å²) in [6.07, 6.45) is 0.810. The van der Waals surface area contributed by atoms with E-state index in [0.717, 1.165) is 24.6 Å². The van der Waals surface area contributed by atoms with E-state index in [1.807, 2.05) is 0 Å². The lowest BCUT2D eigenvalue weighted by molar-refractivity contribution is -0.385. The van der Waals surface area contributed by atoms with Crippen molar-refractivity contribution >= 4 is 27.5 Å². The molecule has 0 aromatic heterocycles. The Labute approximate surface area is 124 Å². The largest absolute Gasteiger partial charge is 0.337 e. The Hall–Kier alpha value is -1.50. The van der Waals surface area contributed by atoms with Gasteiger partial charge in [-0.3, -0.25) is 14.9 Å². The van der Waals surface area contributed by atoms with Gasteiger partial charge in [0.2, 0.25) is 0 Å². The zero-order valence-electron chi connectivity index (χ0n) is 10.9. The molecule has 2 unspecified atom stereocenters. The summed E-state index contributed by atoms with van der Waals surface area (Å²) in [6.45, 7) is 3.06. The predicted octanol–water partition coefficient (Wildman–Crippen LogP) is 2.98. The van der Waals surface area contributed by atoms with Gasteiger partial charge in [0, 0.05) is 24.0 Å². The fraction of sp³-hybridized carbons (Fsp3) is 0.462. The van der Waals surface area contributed by atoms with E-state index >= 15 is 0 Å². The number of nitro benzene ring substituents is 1. The maximum absolute atomic E-state index is 13.3. The standard InChI is InChI=1S/C13H14BrFN2O3/c1-8-4-5-16(7-11(8)14)13(18)10-6-9(15)2-3-12(10)17(19)20/h2-3,6,8,11H,4-5,7H2,1H3. The molecule has 1 saturated heterocycles. The van der Waals surface area contributed by atoms with Gasteiger partial charge < -0.3 is 4.90 Å². The quantitative estimate of drug-likeness (QED) is 0.470. The molecular formula is C13H14BrFN2O3. The van der Waals surface area contributed by atoms with Crippen LogP contribution < -0.4 is 0 Å². The van der Waals surface area contributed by atoms with Crippen LogP contribution in [0.15, 0.2) is 18.2 Å². The number of carbonyl (C=O) groups excluding carboxylic acids is 1. The molecule has 1 fully saturated rings. The minimum atomic E-state index is -0.662. The van der Waals surface area contributed by atoms with Gasteiger partial charge in [0.15, 0.2) is 0 Å². The highest BCUT2D eigenvalue weighted by atomic mass is 79.9. The maximum atomic E-state index is 13.3. The third-order valence-corrected chi connectivity index (χ3v) is 4.73. The summed E-state index contributed by atoms with van der Waals surface area (Å²) in [7, 11) is 0. The smallest absolute Gasteiger partial charge is 0.282 e. The summed E-state index contributed by atoms with van der Waals surface area (Å²) in [5.74, 6) is -0.714. The Morgan fingerprint density at radius 1 is 1.55 bits per heavy atom. The van der Waals surface area contributed by atoms with Gasteiger partial charge in [0.25, 0.3) is 11.6 Å². The van der Waals surface area contributed by atoms with Gasteiger partial charge in [0.1, 0.15) is 11.4 Å². The third kappa shape index (κ3) is 2.98. The molecule has 20 heavy (non-hydrogen) atoms. The molecule has 0 spiro atoms. The van der Waals surface area contributed by atoms with Crippen LogP contribution in [0.5, 0.6) is 0 Å². The van der Waals surface area contributed by atoms with Crippen molar-refractivity contribution in [2.24, 2.45) is 5.92 Å². The van der Waals surface area contributed by atoms with E-state index in [9.17, 15) is 19.3 Å². The van der Waals surface area contributed by atoms with E-state index in [2.05, 4.69) is 22.9 Å². The summed E-state index contributed by atoms with van der Waals surface area (Å²) in [4.78, 5) is 24.3. The number of amides is 1. The van der Waals surface area contributed by atoms with Crippen molar-refractivity contribution in [3.8, 4) is 0 Å². The molecule has 1 heterocycles. The van der Waals surface area contributed by atoms with Crippen LogP contribution in [-0.4, -0.2) is 33.6 Å². The number of halogens is 2. The zero-order valence-corrected chi connectivity index (χ0v) is 12.5. The van der Waals surface area contributed by atoms with Crippen LogP contribution in [0.4, 0.5) is 10.1 Å². The predicted molar refractivity (Wildman–Crippen MR) is 75.5 cm³/mol. The van der Waals surface area contributed by atoms with Crippen LogP contribution in [0.3, 0.4) is 0 Å². The Kier molecular flexibility index (Phi) is 4.37. The van der Waals surface area contributed by atoms with Crippen LogP contribution >= 0.6 is 15.9 Å². The number of piperidine rings is 1. The van der Waals surface area contributed by atoms with E-state index < -0.39 is 16.6 Å². The van der Waals surface area contributed by atoms with Gasteiger partial charge in [0.05, 0.1) is 4.92 Å². The van der Waals surface area contributed by atoms with Gasteiger partial charge in [-0.1, -0.05) is 22.9 Å². The Morgan fingerprint density at radius 3 is 2.85 bits per heavy atom. The van der Waals surface area contributed by atoms with Gasteiger partial charge in [-0.2, -0.15) is 0 Å². The van der Waals surface area contributed by atoms with Gasteiger partial charge in [-0.25, -0.2) is 4.39 Å². The van der Waals surface area contributed by atoms with Crippen molar-refractivity contribution in [3.63, 3.8) is 0 Å². The highest BCUT2D eigenvalue weighted by molar-refractivity contribution is 9.09. The molecule has 0 radical (unpaired) electrons. The summed E-state index contributed by atoms with van der Waals surface area (Å²) in [6, 6.07) is 2.95. The molecule has 2 rings (SSSR count). The van der Waals surface area contributed by atoms with Crippen molar-refractivity contribution in [1.82, 2.24) is 4.90 Å². The van der Waals surface area contributed by atoms with Crippen LogP contribution in [0, 0.1) is 21.8 Å². The Balaban J connectivity index is 2.29. The SMILES string of the molecule is CC1CCN(C(=O)c2cc(F)ccc2[N+](=O)[O-])CC1Br. The molecule has 1 amide bonds.